The largest absolute Gasteiger partial charge is 0.778 e. The first-order valence-corrected chi connectivity index (χ1v) is 26.6. The molecule has 3 saturated heterocycles. The smallest absolute Gasteiger partial charge is 0.490 e. The van der Waals surface area contributed by atoms with E-state index in [0.29, 0.717) is 4.57 Å². The molecular weight excluding hydrogens is 1060 g/mol. The van der Waals surface area contributed by atoms with Crippen molar-refractivity contribution in [1.82, 2.24) is 43.6 Å². The number of imidazole rings is 2. The fourth-order valence-electron chi connectivity index (χ4n) is 8.18. The minimum absolute atomic E-state index is 0.0193. The number of methoxy groups -OCH3 is 1. The summed E-state index contributed by atoms with van der Waals surface area (Å²) in [7, 11) is -21.2. The highest BCUT2D eigenvalue weighted by Crippen LogP contribution is 2.68. The van der Waals surface area contributed by atoms with Crippen LogP contribution in [0.3, 0.4) is 0 Å². The molecule has 0 saturated carbocycles. The van der Waals surface area contributed by atoms with E-state index in [1.165, 1.54) is 29.6 Å². The Bertz CT molecular complexity index is 3230. The molecule has 8 heterocycles. The lowest BCUT2D eigenvalue weighted by atomic mass is 9.99. The number of nitrogen functional groups attached to an aromatic ring is 2. The molecule has 0 radical (unpaired) electrons. The van der Waals surface area contributed by atoms with E-state index >= 15 is 4.39 Å². The zero-order valence-electron chi connectivity index (χ0n) is 36.7. The summed E-state index contributed by atoms with van der Waals surface area (Å²) >= 11 is 0. The predicted octanol–water partition coefficient (Wildman–Crippen LogP) is -4.21. The van der Waals surface area contributed by atoms with Crippen molar-refractivity contribution in [2.45, 2.75) is 67.1 Å². The first-order chi connectivity index (χ1) is 33.7. The standard InChI is InChI=1S/C32H43FN12O23P4/c1-42-11-45(26-19(42)27(50)41-31(35)40-26)29-20(47)12(5-60-2)13(64-29)6-62-70(54,55)67-72(58,59)68-71(56,57)63-8-15-23(17(33)28(66-15)44-10-38-18-24(34)36-9-37-25(18)44)69(52,53)61-7-14-21(48)22(49)30(65-14)43-4-3-16(46)39-32(43)51/h3-4,9-15,17,20-23,28-30,47-49H,5-8H2,1-2H3,(H9-,34,35,36,37,39,40,41,46,50,51,52,53,54,55,56,57,58,59)/t12-,13-,14-,15-,17-,20-,21-,22-,23-,28-,29-,30-/m1/s1. The van der Waals surface area contributed by atoms with Gasteiger partial charge in [-0.1, -0.05) is 4.98 Å². The molecular formula is C32H43FN12O23P4. The number of phosphoric acid groups is 3. The summed E-state index contributed by atoms with van der Waals surface area (Å²) in [6.07, 6.45) is -14.4. The summed E-state index contributed by atoms with van der Waals surface area (Å²) in [5.41, 5.74) is 6.14. The number of aliphatic hydroxyl groups is 3. The molecule has 3 aliphatic rings. The van der Waals surface area contributed by atoms with E-state index in [1.54, 1.807) is 0 Å². The fraction of sp³-hybridized carbons (Fsp3) is 0.562. The van der Waals surface area contributed by atoms with Crippen molar-refractivity contribution in [2.24, 2.45) is 13.0 Å². The van der Waals surface area contributed by atoms with Crippen LogP contribution >= 0.6 is 31.1 Å². The lowest BCUT2D eigenvalue weighted by Crippen LogP contribution is -2.45. The highest BCUT2D eigenvalue weighted by Gasteiger charge is 2.55. The van der Waals surface area contributed by atoms with Crippen LogP contribution in [0.5, 0.6) is 0 Å². The van der Waals surface area contributed by atoms with Gasteiger partial charge in [-0.25, -0.2) is 42.4 Å². The number of nitrogens with two attached hydrogens (primary N) is 2. The third-order valence-corrected chi connectivity index (χ3v) is 17.5. The van der Waals surface area contributed by atoms with Gasteiger partial charge < -0.3 is 74.4 Å². The van der Waals surface area contributed by atoms with Gasteiger partial charge in [0.25, 0.3) is 17.1 Å². The first kappa shape index (κ1) is 53.7. The first-order valence-electron chi connectivity index (χ1n) is 20.5. The number of rotatable bonds is 19. The summed E-state index contributed by atoms with van der Waals surface area (Å²) in [5, 5.41) is 32.5. The van der Waals surface area contributed by atoms with Crippen molar-refractivity contribution in [2.75, 3.05) is 45.0 Å². The van der Waals surface area contributed by atoms with Crippen LogP contribution in [0.25, 0.3) is 22.3 Å². The molecule has 8 rings (SSSR count). The topological polar surface area (TPSA) is 501 Å². The van der Waals surface area contributed by atoms with Gasteiger partial charge in [0.2, 0.25) is 11.7 Å². The Hall–Kier alpha value is -4.61. The molecule has 72 heavy (non-hydrogen) atoms. The zero-order valence-corrected chi connectivity index (χ0v) is 40.2. The highest BCUT2D eigenvalue weighted by atomic mass is 31.3. The molecule has 3 aliphatic heterocycles. The Morgan fingerprint density at radius 3 is 2.15 bits per heavy atom. The van der Waals surface area contributed by atoms with E-state index < -0.39 is 141 Å². The summed E-state index contributed by atoms with van der Waals surface area (Å²) in [6.45, 7) is -3.94. The van der Waals surface area contributed by atoms with Crippen LogP contribution in [0.2, 0.25) is 0 Å². The van der Waals surface area contributed by atoms with Crippen LogP contribution in [0.4, 0.5) is 16.2 Å². The average Bonchev–Trinajstić information content (AvgIpc) is 4.08. The van der Waals surface area contributed by atoms with E-state index in [2.05, 4.69) is 33.5 Å². The summed E-state index contributed by atoms with van der Waals surface area (Å²) in [6, 6.07) is 0.885. The second-order valence-electron chi connectivity index (χ2n) is 16.1. The molecule has 16 atom stereocenters. The molecule has 0 spiro atoms. The number of aryl methyl sites for hydroxylation is 1. The van der Waals surface area contributed by atoms with Gasteiger partial charge in [-0.3, -0.25) is 42.3 Å². The number of hydrogen-bond acceptors (Lipinski definition) is 26. The van der Waals surface area contributed by atoms with Gasteiger partial charge in [-0.15, -0.1) is 0 Å². The van der Waals surface area contributed by atoms with Gasteiger partial charge in [-0.05, 0) is 0 Å². The van der Waals surface area contributed by atoms with E-state index in [4.69, 9.17) is 44.0 Å². The van der Waals surface area contributed by atoms with Crippen LogP contribution in [-0.4, -0.2) is 156 Å². The summed E-state index contributed by atoms with van der Waals surface area (Å²) < 4.78 is 119. The number of aromatic nitrogens is 10. The fourth-order valence-corrected chi connectivity index (χ4v) is 13.3. The number of ether oxygens (including phenoxy) is 4. The van der Waals surface area contributed by atoms with Gasteiger partial charge in [0, 0.05) is 25.3 Å². The number of aromatic amines is 2. The van der Waals surface area contributed by atoms with Crippen molar-refractivity contribution >= 4 is 65.2 Å². The molecule has 35 nitrogen and oxygen atoms in total. The average molecular weight is 1110 g/mol. The Kier molecular flexibility index (Phi) is 15.1. The Morgan fingerprint density at radius 2 is 1.49 bits per heavy atom. The number of aliphatic hydroxyl groups excluding tert-OH is 3. The van der Waals surface area contributed by atoms with E-state index in [-0.39, 0.29) is 40.7 Å². The molecule has 396 valence electrons. The van der Waals surface area contributed by atoms with E-state index in [0.717, 1.165) is 29.5 Å². The molecule has 4 unspecified atom stereocenters. The van der Waals surface area contributed by atoms with Crippen molar-refractivity contribution in [3.8, 4) is 0 Å². The maximum Gasteiger partial charge on any atom is 0.490 e. The molecule has 0 bridgehead atoms. The zero-order chi connectivity index (χ0) is 52.4. The van der Waals surface area contributed by atoms with Crippen molar-refractivity contribution in [3.63, 3.8) is 0 Å². The number of fused-ring (bicyclic) bond motifs is 2. The SMILES string of the molecule is COC[C@H]1[C@@H](O)[C@H]([n+]2cn(C)c3c(=O)[nH]c(N)nc32)O[C@@H]1COP(=O)(O)OP(=O)(O)OP(=O)(O)OC[C@H]1O[C@@H](n2cnc3c(N)ncnc32)[C@H](F)[C@@H]1P(=O)([O-])OC[C@H]1O[C@@H](n2ccc(=O)[nH]c2=O)[C@H](O)[C@@H]1O. The number of phosphoric ester groups is 2. The van der Waals surface area contributed by atoms with Crippen LogP contribution in [0.15, 0.2) is 45.6 Å². The Morgan fingerprint density at radius 1 is 0.833 bits per heavy atom. The Balaban J connectivity index is 0.945. The molecule has 5 aromatic heterocycles. The number of H-pyrrole nitrogens is 2. The van der Waals surface area contributed by atoms with E-state index in [9.17, 15) is 67.5 Å². The van der Waals surface area contributed by atoms with Crippen LogP contribution < -0.4 is 37.7 Å². The number of anilines is 2. The minimum Gasteiger partial charge on any atom is -0.778 e. The molecule has 0 amide bonds. The molecule has 0 aromatic carbocycles. The third kappa shape index (κ3) is 10.8. The summed E-state index contributed by atoms with van der Waals surface area (Å²) in [5.74, 6) is -1.54. The maximum absolute atomic E-state index is 16.6. The van der Waals surface area contributed by atoms with Crippen molar-refractivity contribution in [3.05, 3.63) is 62.4 Å². The number of hydrogen-bond donors (Lipinski definition) is 10. The van der Waals surface area contributed by atoms with Gasteiger partial charge in [0.15, 0.2) is 36.4 Å². The van der Waals surface area contributed by atoms with Gasteiger partial charge >= 0.3 is 34.8 Å². The van der Waals surface area contributed by atoms with Gasteiger partial charge in [-0.2, -0.15) is 8.62 Å². The molecule has 5 aromatic rings. The molecule has 0 aliphatic carbocycles. The normalized spacial score (nSPS) is 31.1. The Labute approximate surface area is 398 Å². The molecule has 40 heteroatoms. The molecule has 12 N–H and O–H groups in total. The number of alkyl halides is 1. The van der Waals surface area contributed by atoms with Crippen LogP contribution in [0.1, 0.15) is 18.7 Å². The second-order valence-corrected chi connectivity index (χ2v) is 22.6. The minimum atomic E-state index is -6.25. The monoisotopic (exact) mass is 1110 g/mol. The quantitative estimate of drug-likeness (QED) is 0.0277. The van der Waals surface area contributed by atoms with Crippen molar-refractivity contribution < 1.29 is 103 Å². The molecule has 3 fully saturated rings. The van der Waals surface area contributed by atoms with Crippen LogP contribution in [-0.2, 0) is 66.4 Å². The van der Waals surface area contributed by atoms with E-state index in [1.807, 2.05) is 4.98 Å². The second kappa shape index (κ2) is 20.3. The van der Waals surface area contributed by atoms with Crippen molar-refractivity contribution in [1.29, 1.82) is 0 Å². The van der Waals surface area contributed by atoms with Gasteiger partial charge in [0.05, 0.1) is 57.7 Å². The number of halogens is 1. The predicted molar refractivity (Wildman–Crippen MR) is 228 cm³/mol. The van der Waals surface area contributed by atoms with Crippen LogP contribution in [0, 0.1) is 5.92 Å². The highest BCUT2D eigenvalue weighted by molar-refractivity contribution is 7.66. The number of nitrogens with zero attached hydrogens (tertiary/aromatic N) is 8. The third-order valence-electron chi connectivity index (χ3n) is 11.4. The summed E-state index contributed by atoms with van der Waals surface area (Å²) in [4.78, 5) is 102. The number of nitrogens with one attached hydrogen (secondary N) is 2. The lowest BCUT2D eigenvalue weighted by molar-refractivity contribution is -0.745. The maximum atomic E-state index is 16.6. The lowest BCUT2D eigenvalue weighted by Gasteiger charge is -2.34. The van der Waals surface area contributed by atoms with Gasteiger partial charge in [0.1, 0.15) is 43.9 Å².